The first kappa shape index (κ1) is 27.1. The quantitative estimate of drug-likeness (QED) is 0.342. The van der Waals surface area contributed by atoms with Crippen molar-refractivity contribution in [3.63, 3.8) is 0 Å². The summed E-state index contributed by atoms with van der Waals surface area (Å²) in [7, 11) is -4.25. The van der Waals surface area contributed by atoms with Crippen LogP contribution in [0.3, 0.4) is 0 Å². The second kappa shape index (κ2) is 11.4. The van der Waals surface area contributed by atoms with Crippen LogP contribution < -0.4 is 30.7 Å². The van der Waals surface area contributed by atoms with Gasteiger partial charge in [-0.15, -0.1) is 0 Å². The fourth-order valence-electron chi connectivity index (χ4n) is 2.55. The molecule has 0 aliphatic carbocycles. The Balaban J connectivity index is 0.000000321. The maximum atomic E-state index is 10.3. The van der Waals surface area contributed by atoms with E-state index in [1.165, 1.54) is 31.4 Å². The molecule has 0 amide bonds. The molecule has 3 aromatic carbocycles. The van der Waals surface area contributed by atoms with Gasteiger partial charge in [-0.25, -0.2) is 8.42 Å². The molecular formula is C26H31IO5S. The molecule has 0 bridgehead atoms. The molecule has 178 valence electrons. The van der Waals surface area contributed by atoms with Crippen LogP contribution in [0.2, 0.25) is 0 Å². The smallest absolute Gasteiger partial charge is 0.357 e. The molecule has 33 heavy (non-hydrogen) atoms. The summed E-state index contributed by atoms with van der Waals surface area (Å²) in [5.41, 5.74) is -0.307. The van der Waals surface area contributed by atoms with Crippen LogP contribution in [0.4, 0.5) is 0 Å². The average Bonchev–Trinajstić information content (AvgIpc) is 2.69. The molecule has 5 nitrogen and oxygen atoms in total. The molecule has 0 atom stereocenters. The van der Waals surface area contributed by atoms with Crippen LogP contribution >= 0.6 is 0 Å². The zero-order valence-corrected chi connectivity index (χ0v) is 22.8. The zero-order chi connectivity index (χ0) is 24.7. The Hall–Kier alpha value is -2.10. The van der Waals surface area contributed by atoms with Gasteiger partial charge in [-0.2, -0.15) is 0 Å². The van der Waals surface area contributed by atoms with Gasteiger partial charge in [0.25, 0.3) is 0 Å². The van der Waals surface area contributed by atoms with Gasteiger partial charge in [0.2, 0.25) is 0 Å². The minimum absolute atomic E-state index is 0.153. The summed E-state index contributed by atoms with van der Waals surface area (Å²) in [6, 6.07) is 24.2. The molecule has 7 heteroatoms. The van der Waals surface area contributed by atoms with Crippen molar-refractivity contribution >= 4 is 10.1 Å². The normalized spacial score (nSPS) is 11.8. The standard InChI is InChI=1S/C20H26IO2.C6H6O3S/c1-19(2,3)22-17-11-7-15(8-12-17)21-16-9-13-18(14-10-16)23-20(4,5)6;7-10(8,9)6-4-2-1-3-5-6/h7-14H,1-6H3;1-5H,(H,7,8,9)/q+1;/p-1. The van der Waals surface area contributed by atoms with E-state index in [-0.39, 0.29) is 37.3 Å². The summed E-state index contributed by atoms with van der Waals surface area (Å²) in [5, 5.41) is 0. The van der Waals surface area contributed by atoms with Crippen molar-refractivity contribution in [3.05, 3.63) is 86.0 Å². The number of hydrogen-bond donors (Lipinski definition) is 0. The Morgan fingerprint density at radius 2 is 1.00 bits per heavy atom. The van der Waals surface area contributed by atoms with E-state index in [2.05, 4.69) is 90.1 Å². The van der Waals surface area contributed by atoms with E-state index in [9.17, 15) is 13.0 Å². The van der Waals surface area contributed by atoms with Gasteiger partial charge >= 0.3 is 21.2 Å². The lowest BCUT2D eigenvalue weighted by Crippen LogP contribution is -3.61. The molecule has 0 aromatic heterocycles. The predicted molar refractivity (Wildman–Crippen MR) is 125 cm³/mol. The van der Waals surface area contributed by atoms with Crippen LogP contribution in [0, 0.1) is 7.14 Å². The molecule has 3 aromatic rings. The number of rotatable bonds is 5. The zero-order valence-electron chi connectivity index (χ0n) is 19.8. The largest absolute Gasteiger partial charge is 0.744 e. The molecular weight excluding hydrogens is 551 g/mol. The molecule has 0 aliphatic heterocycles. The lowest BCUT2D eigenvalue weighted by Gasteiger charge is -2.21. The van der Waals surface area contributed by atoms with Crippen molar-refractivity contribution in [2.45, 2.75) is 57.6 Å². The second-order valence-corrected chi connectivity index (χ2v) is 13.6. The third kappa shape index (κ3) is 11.0. The first-order valence-electron chi connectivity index (χ1n) is 10.5. The van der Waals surface area contributed by atoms with Gasteiger partial charge in [0.15, 0.2) is 7.14 Å². The molecule has 0 spiro atoms. The maximum Gasteiger partial charge on any atom is 0.357 e. The Labute approximate surface area is 208 Å². The van der Waals surface area contributed by atoms with Crippen molar-refractivity contribution in [3.8, 4) is 11.5 Å². The lowest BCUT2D eigenvalue weighted by atomic mass is 10.2. The molecule has 0 N–H and O–H groups in total. The summed E-state index contributed by atoms with van der Waals surface area (Å²) in [5.74, 6) is 1.86. The SMILES string of the molecule is CC(C)(C)Oc1ccc([I+]c2ccc(OC(C)(C)C)cc2)cc1.O=S(=O)([O-])c1ccccc1. The highest BCUT2D eigenvalue weighted by Gasteiger charge is 2.18. The molecule has 0 saturated heterocycles. The van der Waals surface area contributed by atoms with Crippen LogP contribution in [-0.4, -0.2) is 24.2 Å². The molecule has 0 radical (unpaired) electrons. The summed E-state index contributed by atoms with van der Waals surface area (Å²) < 4.78 is 45.3. The monoisotopic (exact) mass is 582 g/mol. The van der Waals surface area contributed by atoms with Gasteiger partial charge in [0, 0.05) is 0 Å². The minimum atomic E-state index is -4.25. The average molecular weight is 583 g/mol. The van der Waals surface area contributed by atoms with Crippen LogP contribution in [0.5, 0.6) is 11.5 Å². The van der Waals surface area contributed by atoms with Gasteiger partial charge in [-0.3, -0.25) is 0 Å². The summed E-state index contributed by atoms with van der Waals surface area (Å²) in [4.78, 5) is -0.185. The fraction of sp³-hybridized carbons (Fsp3) is 0.308. The number of benzene rings is 3. The Bertz CT molecular complexity index is 1040. The number of hydrogen-bond acceptors (Lipinski definition) is 5. The van der Waals surface area contributed by atoms with Gasteiger partial charge in [-0.1, -0.05) is 18.2 Å². The summed E-state index contributed by atoms with van der Waals surface area (Å²) >= 11 is -0.176. The minimum Gasteiger partial charge on any atom is -0.744 e. The number of ether oxygens (including phenoxy) is 2. The van der Waals surface area contributed by atoms with Gasteiger partial charge < -0.3 is 14.0 Å². The predicted octanol–water partition coefficient (Wildman–Crippen LogP) is 2.76. The van der Waals surface area contributed by atoms with Crippen LogP contribution in [0.25, 0.3) is 0 Å². The Morgan fingerprint density at radius 3 is 1.27 bits per heavy atom. The highest BCUT2D eigenvalue weighted by Crippen LogP contribution is 2.17. The second-order valence-electron chi connectivity index (χ2n) is 9.20. The van der Waals surface area contributed by atoms with E-state index in [1.54, 1.807) is 6.07 Å². The van der Waals surface area contributed by atoms with Crippen molar-refractivity contribution in [2.75, 3.05) is 0 Å². The molecule has 0 aliphatic rings. The summed E-state index contributed by atoms with van der Waals surface area (Å²) in [6.07, 6.45) is 0. The summed E-state index contributed by atoms with van der Waals surface area (Å²) in [6.45, 7) is 12.4. The molecule has 3 rings (SSSR count). The Kier molecular flexibility index (Phi) is 9.34. The van der Waals surface area contributed by atoms with Crippen LogP contribution in [-0.2, 0) is 10.1 Å². The van der Waals surface area contributed by atoms with E-state index in [4.69, 9.17) is 9.47 Å². The highest BCUT2D eigenvalue weighted by molar-refractivity contribution is 7.85. The van der Waals surface area contributed by atoms with Crippen LogP contribution in [0.15, 0.2) is 83.8 Å². The first-order valence-corrected chi connectivity index (χ1v) is 14.0. The van der Waals surface area contributed by atoms with Gasteiger partial charge in [-0.05, 0) is 102 Å². The van der Waals surface area contributed by atoms with Crippen LogP contribution in [0.1, 0.15) is 41.5 Å². The van der Waals surface area contributed by atoms with Gasteiger partial charge in [0.1, 0.15) is 32.8 Å². The lowest BCUT2D eigenvalue weighted by molar-refractivity contribution is -0.597. The molecule has 0 saturated carbocycles. The van der Waals surface area contributed by atoms with Crippen molar-refractivity contribution < 1.29 is 43.6 Å². The molecule has 0 fully saturated rings. The van der Waals surface area contributed by atoms with Crippen molar-refractivity contribution in [1.29, 1.82) is 0 Å². The van der Waals surface area contributed by atoms with Gasteiger partial charge in [0.05, 0.1) is 4.90 Å². The highest BCUT2D eigenvalue weighted by atomic mass is 127. The van der Waals surface area contributed by atoms with E-state index >= 15 is 0 Å². The van der Waals surface area contributed by atoms with Crippen molar-refractivity contribution in [2.24, 2.45) is 0 Å². The fourth-order valence-corrected chi connectivity index (χ4v) is 5.20. The van der Waals surface area contributed by atoms with E-state index in [0.29, 0.717) is 0 Å². The first-order chi connectivity index (χ1) is 15.2. The van der Waals surface area contributed by atoms with Crippen molar-refractivity contribution in [1.82, 2.24) is 0 Å². The maximum absolute atomic E-state index is 10.3. The van der Waals surface area contributed by atoms with E-state index in [1.807, 2.05) is 0 Å². The van der Waals surface area contributed by atoms with E-state index in [0.717, 1.165) is 11.5 Å². The third-order valence-electron chi connectivity index (χ3n) is 3.73. The number of halogens is 1. The van der Waals surface area contributed by atoms with E-state index < -0.39 is 10.1 Å². The molecule has 0 unspecified atom stereocenters. The molecule has 0 heterocycles. The third-order valence-corrected chi connectivity index (χ3v) is 7.26. The topological polar surface area (TPSA) is 75.7 Å². The Morgan fingerprint density at radius 1 is 0.636 bits per heavy atom.